The summed E-state index contributed by atoms with van der Waals surface area (Å²) in [5.41, 5.74) is 3.57. The Hall–Kier alpha value is -4.68. The van der Waals surface area contributed by atoms with Crippen LogP contribution in [0.3, 0.4) is 0 Å². The molecule has 3 N–H and O–H groups in total. The predicted octanol–water partition coefficient (Wildman–Crippen LogP) is 5.10. The van der Waals surface area contributed by atoms with E-state index in [4.69, 9.17) is 4.74 Å². The summed E-state index contributed by atoms with van der Waals surface area (Å²) in [6, 6.07) is 12.9. The zero-order valence-corrected chi connectivity index (χ0v) is 30.5. The summed E-state index contributed by atoms with van der Waals surface area (Å²) in [5, 5.41) is 23.7. The van der Waals surface area contributed by atoms with E-state index in [0.29, 0.717) is 46.6 Å². The average molecular weight is 728 g/mol. The number of halogens is 1. The molecule has 2 aliphatic heterocycles. The van der Waals surface area contributed by atoms with E-state index in [2.05, 4.69) is 56.2 Å². The van der Waals surface area contributed by atoms with Gasteiger partial charge < -0.3 is 25.0 Å². The summed E-state index contributed by atoms with van der Waals surface area (Å²) in [6.07, 6.45) is 2.59. The molecular formula is C37H40FN8O3S2+. The van der Waals surface area contributed by atoms with Gasteiger partial charge in [0.25, 0.3) is 0 Å². The number of aromatic nitrogens is 4. The zero-order valence-electron chi connectivity index (χ0n) is 28.8. The van der Waals surface area contributed by atoms with E-state index < -0.39 is 11.8 Å². The van der Waals surface area contributed by atoms with Crippen LogP contribution in [0, 0.1) is 24.6 Å². The quantitative estimate of drug-likeness (QED) is 0.133. The van der Waals surface area contributed by atoms with Gasteiger partial charge in [-0.15, -0.1) is 21.5 Å². The van der Waals surface area contributed by atoms with E-state index in [1.807, 2.05) is 36.1 Å². The molecule has 14 heteroatoms. The van der Waals surface area contributed by atoms with Crippen molar-refractivity contribution in [2.75, 3.05) is 56.6 Å². The van der Waals surface area contributed by atoms with Crippen molar-refractivity contribution < 1.29 is 23.9 Å². The van der Waals surface area contributed by atoms with Crippen molar-refractivity contribution in [2.24, 2.45) is 0 Å². The molecule has 11 nitrogen and oxygen atoms in total. The molecule has 1 fully saturated rings. The van der Waals surface area contributed by atoms with Crippen LogP contribution < -0.4 is 19.9 Å². The Labute approximate surface area is 304 Å². The smallest absolute Gasteiger partial charge is 0.355 e. The van der Waals surface area contributed by atoms with Crippen molar-refractivity contribution in [3.05, 3.63) is 75.5 Å². The first kappa shape index (κ1) is 34.8. The highest BCUT2D eigenvalue weighted by molar-refractivity contribution is 7.22. The van der Waals surface area contributed by atoms with E-state index in [1.165, 1.54) is 22.3 Å². The van der Waals surface area contributed by atoms with Crippen LogP contribution >= 0.6 is 22.7 Å². The second-order valence-corrected chi connectivity index (χ2v) is 15.0. The summed E-state index contributed by atoms with van der Waals surface area (Å²) >= 11 is 2.89. The third kappa shape index (κ3) is 7.82. The number of carboxylic acid groups (broad SMARTS) is 1. The number of para-hydroxylation sites is 1. The molecule has 1 saturated heterocycles. The molecule has 2 aromatic carbocycles. The monoisotopic (exact) mass is 727 g/mol. The Morgan fingerprint density at radius 3 is 2.75 bits per heavy atom. The second-order valence-electron chi connectivity index (χ2n) is 13.0. The predicted molar refractivity (Wildman–Crippen MR) is 199 cm³/mol. The van der Waals surface area contributed by atoms with Crippen LogP contribution in [0.4, 0.5) is 26.3 Å². The number of rotatable bonds is 10. The fraction of sp³-hybridized carbons (Fsp3) is 0.378. The molecule has 0 saturated carbocycles. The number of piperazine rings is 1. The molecule has 1 unspecified atom stereocenters. The van der Waals surface area contributed by atoms with Crippen molar-refractivity contribution in [3.8, 4) is 17.6 Å². The number of carbonyl (C=O) groups is 1. The molecule has 5 aromatic rings. The van der Waals surface area contributed by atoms with Gasteiger partial charge in [-0.1, -0.05) is 35.3 Å². The number of fused-ring (bicyclic) bond motifs is 2. The summed E-state index contributed by atoms with van der Waals surface area (Å²) in [7, 11) is 2.20. The van der Waals surface area contributed by atoms with Crippen LogP contribution in [-0.2, 0) is 12.8 Å². The van der Waals surface area contributed by atoms with E-state index >= 15 is 0 Å². The molecule has 0 amide bonds. The maximum absolute atomic E-state index is 14.9. The number of aromatic carboxylic acids is 1. The topological polar surface area (TPSA) is 121 Å². The number of thiazole rings is 2. The number of hydrogen-bond donors (Lipinski definition) is 3. The minimum Gasteiger partial charge on any atom is -0.491 e. The fourth-order valence-corrected chi connectivity index (χ4v) is 8.37. The third-order valence-electron chi connectivity index (χ3n) is 9.39. The van der Waals surface area contributed by atoms with Gasteiger partial charge in [-0.3, -0.25) is 4.90 Å². The molecular weight excluding hydrogens is 688 g/mol. The maximum Gasteiger partial charge on any atom is 0.355 e. The number of hydrogen-bond acceptors (Lipinski definition) is 11. The first-order valence-electron chi connectivity index (χ1n) is 17.2. The minimum atomic E-state index is -1.09. The third-order valence-corrected chi connectivity index (χ3v) is 11.5. The van der Waals surface area contributed by atoms with Crippen molar-refractivity contribution >= 4 is 60.8 Å². The molecule has 3 aromatic heterocycles. The standard InChI is InChI=1S/C37H39FN8O3S2/c1-23(45-19-17-44(3)18-20-45)12-13-25-14-15-29(27(38)22-25)49-21-7-11-31-32(35(47)48)40-37(51-31)46-16-6-8-26-24(2)33(42-43-34(26)46)41-36-39-28-9-4-5-10-30(28)50-36/h4-5,9-10,14-15,22-23H,6-8,11,16-21H2,1-3H3,(H,47,48)(H,39,41,42)/p+1. The molecule has 0 bridgehead atoms. The van der Waals surface area contributed by atoms with Gasteiger partial charge in [0.15, 0.2) is 39.2 Å². The Bertz CT molecular complexity index is 2080. The fourth-order valence-electron chi connectivity index (χ4n) is 6.39. The minimum absolute atomic E-state index is 0.0158. The number of nitrogens with zero attached hydrogens (tertiary/aromatic N) is 6. The molecule has 5 heterocycles. The summed E-state index contributed by atoms with van der Waals surface area (Å²) in [5.74, 6) is 6.29. The number of anilines is 4. The molecule has 264 valence electrons. The Morgan fingerprint density at radius 1 is 1.14 bits per heavy atom. The number of ether oxygens (including phenoxy) is 1. The Kier molecular flexibility index (Phi) is 10.4. The van der Waals surface area contributed by atoms with Gasteiger partial charge in [0.05, 0.1) is 43.0 Å². The molecule has 0 spiro atoms. The molecule has 1 atom stereocenters. The van der Waals surface area contributed by atoms with Crippen LogP contribution in [0.5, 0.6) is 5.75 Å². The number of carboxylic acids is 1. The van der Waals surface area contributed by atoms with Gasteiger partial charge in [-0.25, -0.2) is 19.2 Å². The van der Waals surface area contributed by atoms with Crippen LogP contribution in [-0.4, -0.2) is 88.6 Å². The lowest BCUT2D eigenvalue weighted by Gasteiger charge is -2.32. The Balaban J connectivity index is 0.983. The van der Waals surface area contributed by atoms with Gasteiger partial charge in [0.1, 0.15) is 0 Å². The van der Waals surface area contributed by atoms with E-state index in [-0.39, 0.29) is 24.1 Å². The molecule has 2 aliphatic rings. The normalized spacial score (nSPS) is 15.6. The largest absolute Gasteiger partial charge is 0.491 e. The van der Waals surface area contributed by atoms with Crippen molar-refractivity contribution in [2.45, 2.75) is 45.6 Å². The SMILES string of the molecule is Cc1c(Nc2nc3ccccc3s2)nnc2c1CCCN2c1nc(C(=O)O)c(CCCOc2ccc(C#CC(C)N3CC[NH+](C)CC3)cc2F)s1. The first-order valence-corrected chi connectivity index (χ1v) is 18.9. The molecule has 0 radical (unpaired) electrons. The lowest BCUT2D eigenvalue weighted by Crippen LogP contribution is -3.12. The number of aryl methyl sites for hydroxylation is 1. The average Bonchev–Trinajstić information content (AvgIpc) is 3.75. The summed E-state index contributed by atoms with van der Waals surface area (Å²) in [4.78, 5) is 27.9. The summed E-state index contributed by atoms with van der Waals surface area (Å²) < 4.78 is 21.8. The molecule has 51 heavy (non-hydrogen) atoms. The van der Waals surface area contributed by atoms with E-state index in [1.54, 1.807) is 23.5 Å². The van der Waals surface area contributed by atoms with Gasteiger partial charge in [-0.05, 0) is 69.9 Å². The lowest BCUT2D eigenvalue weighted by atomic mass is 10.0. The van der Waals surface area contributed by atoms with Crippen LogP contribution in [0.15, 0.2) is 42.5 Å². The van der Waals surface area contributed by atoms with Crippen molar-refractivity contribution in [1.82, 2.24) is 25.1 Å². The highest BCUT2D eigenvalue weighted by atomic mass is 32.1. The lowest BCUT2D eigenvalue weighted by molar-refractivity contribution is -0.884. The number of quaternary nitrogens is 1. The van der Waals surface area contributed by atoms with Gasteiger partial charge >= 0.3 is 5.97 Å². The first-order chi connectivity index (χ1) is 24.7. The van der Waals surface area contributed by atoms with Gasteiger partial charge in [0.2, 0.25) is 0 Å². The highest BCUT2D eigenvalue weighted by Gasteiger charge is 2.28. The van der Waals surface area contributed by atoms with E-state index in [0.717, 1.165) is 65.5 Å². The van der Waals surface area contributed by atoms with Crippen molar-refractivity contribution in [1.29, 1.82) is 0 Å². The highest BCUT2D eigenvalue weighted by Crippen LogP contribution is 2.39. The second kappa shape index (κ2) is 15.3. The van der Waals surface area contributed by atoms with Crippen molar-refractivity contribution in [3.63, 3.8) is 0 Å². The van der Waals surface area contributed by atoms with Crippen LogP contribution in [0.25, 0.3) is 10.2 Å². The number of nitrogens with one attached hydrogen (secondary N) is 2. The van der Waals surface area contributed by atoms with Crippen LogP contribution in [0.1, 0.15) is 51.8 Å². The van der Waals surface area contributed by atoms with Gasteiger partial charge in [-0.2, -0.15) is 0 Å². The summed E-state index contributed by atoms with van der Waals surface area (Å²) in [6.45, 7) is 9.19. The molecule has 7 rings (SSSR count). The van der Waals surface area contributed by atoms with E-state index in [9.17, 15) is 14.3 Å². The van der Waals surface area contributed by atoms with Crippen LogP contribution in [0.2, 0.25) is 0 Å². The Morgan fingerprint density at radius 2 is 1.96 bits per heavy atom. The maximum atomic E-state index is 14.9. The zero-order chi connectivity index (χ0) is 35.5. The van der Waals surface area contributed by atoms with Gasteiger partial charge in [0, 0.05) is 41.2 Å². The number of likely N-dealkylation sites (N-methyl/N-ethyl adjacent to an activating group) is 1. The molecule has 0 aliphatic carbocycles. The number of benzene rings is 2.